The van der Waals surface area contributed by atoms with Gasteiger partial charge in [-0.1, -0.05) is 287 Å². The molecule has 0 rings (SSSR count). The van der Waals surface area contributed by atoms with Gasteiger partial charge in [-0.15, -0.1) is 0 Å². The molecule has 0 radical (unpaired) electrons. The van der Waals surface area contributed by atoms with Gasteiger partial charge in [-0.25, -0.2) is 0 Å². The number of unbranched alkanes of at least 4 members (excludes halogenated alkanes) is 35. The van der Waals surface area contributed by atoms with Crippen molar-refractivity contribution in [2.45, 2.75) is 330 Å². The summed E-state index contributed by atoms with van der Waals surface area (Å²) in [6.45, 7) is 19.3. The van der Waals surface area contributed by atoms with E-state index in [9.17, 15) is 0 Å². The van der Waals surface area contributed by atoms with Gasteiger partial charge in [-0.3, -0.25) is 0 Å². The third-order valence-electron chi connectivity index (χ3n) is 13.6. The molecule has 0 aliphatic heterocycles. The zero-order valence-electron chi connectivity index (χ0n) is 42.4. The quantitative estimate of drug-likeness (QED) is 0.0423. The highest BCUT2D eigenvalue weighted by Crippen LogP contribution is 2.26. The first-order chi connectivity index (χ1) is 28.2. The lowest BCUT2D eigenvalue weighted by molar-refractivity contribution is 0.497. The summed E-state index contributed by atoms with van der Waals surface area (Å²) in [5.41, 5.74) is 0. The maximum Gasteiger partial charge on any atom is 0.120 e. The van der Waals surface area contributed by atoms with Gasteiger partial charge in [0.1, 0.15) is 16.8 Å². The van der Waals surface area contributed by atoms with Gasteiger partial charge in [-0.2, -0.15) is 0 Å². The largest absolute Gasteiger partial charge is 0.120 e. The second-order valence-corrected chi connectivity index (χ2v) is 24.0. The van der Waals surface area contributed by atoms with Gasteiger partial charge in [-0.05, 0) is 67.2 Å². The van der Waals surface area contributed by atoms with Crippen molar-refractivity contribution in [3.05, 3.63) is 0 Å². The molecular weight excluding hydrogens is 717 g/mol. The number of hydrogen-bond acceptors (Lipinski definition) is 0. The van der Waals surface area contributed by atoms with Crippen LogP contribution in [0.1, 0.15) is 325 Å². The summed E-state index contributed by atoms with van der Waals surface area (Å²) in [4.78, 5) is 0. The lowest BCUT2D eigenvalue weighted by Gasteiger charge is -2.23. The first-order valence-electron chi connectivity index (χ1n) is 27.9. The molecular formula is C57H117S+. The molecule has 350 valence electrons. The summed E-state index contributed by atoms with van der Waals surface area (Å²) in [5, 5.41) is 0.992. The van der Waals surface area contributed by atoms with E-state index in [4.69, 9.17) is 0 Å². The van der Waals surface area contributed by atoms with Crippen molar-refractivity contribution in [1.29, 1.82) is 0 Å². The van der Waals surface area contributed by atoms with E-state index in [-0.39, 0.29) is 0 Å². The average Bonchev–Trinajstić information content (AvgIpc) is 3.18. The van der Waals surface area contributed by atoms with Crippen LogP contribution in [0.4, 0.5) is 0 Å². The summed E-state index contributed by atoms with van der Waals surface area (Å²) in [6, 6.07) is 0. The third-order valence-corrected chi connectivity index (χ3v) is 16.8. The fourth-order valence-electron chi connectivity index (χ4n) is 9.52. The molecule has 0 fully saturated rings. The van der Waals surface area contributed by atoms with Crippen molar-refractivity contribution in [3.8, 4) is 0 Å². The van der Waals surface area contributed by atoms with E-state index in [1.54, 1.807) is 11.5 Å². The Morgan fingerprint density at radius 1 is 0.207 bits per heavy atom. The molecule has 0 bridgehead atoms. The van der Waals surface area contributed by atoms with Crippen molar-refractivity contribution in [1.82, 2.24) is 0 Å². The Labute approximate surface area is 374 Å². The Morgan fingerprint density at radius 2 is 0.379 bits per heavy atom. The molecule has 0 aromatic heterocycles. The van der Waals surface area contributed by atoms with E-state index in [0.29, 0.717) is 10.9 Å². The van der Waals surface area contributed by atoms with Gasteiger partial charge in [0.15, 0.2) is 0 Å². The average molecular weight is 835 g/mol. The van der Waals surface area contributed by atoms with Crippen LogP contribution in [0.15, 0.2) is 0 Å². The van der Waals surface area contributed by atoms with E-state index in [0.717, 1.165) is 28.9 Å². The van der Waals surface area contributed by atoms with Gasteiger partial charge < -0.3 is 0 Å². The topological polar surface area (TPSA) is 0 Å². The summed E-state index contributed by atoms with van der Waals surface area (Å²) >= 11 is 0. The second kappa shape index (κ2) is 46.8. The summed E-state index contributed by atoms with van der Waals surface area (Å²) in [7, 11) is 0.652. The summed E-state index contributed by atoms with van der Waals surface area (Å²) in [5.74, 6) is 6.64. The van der Waals surface area contributed by atoms with Gasteiger partial charge in [0.25, 0.3) is 0 Å². The van der Waals surface area contributed by atoms with Crippen molar-refractivity contribution in [2.75, 3.05) is 11.5 Å². The van der Waals surface area contributed by atoms with Crippen LogP contribution in [0, 0.1) is 23.7 Å². The second-order valence-electron chi connectivity index (χ2n) is 21.5. The van der Waals surface area contributed by atoms with E-state index < -0.39 is 0 Å². The first kappa shape index (κ1) is 58.4. The van der Waals surface area contributed by atoms with Crippen LogP contribution in [0.5, 0.6) is 0 Å². The molecule has 0 saturated heterocycles. The van der Waals surface area contributed by atoms with Crippen molar-refractivity contribution in [3.63, 3.8) is 0 Å². The van der Waals surface area contributed by atoms with Crippen molar-refractivity contribution < 1.29 is 0 Å². The molecule has 0 nitrogen and oxygen atoms in total. The standard InChI is InChI=1S/C57H117S/c1-53(2)47-41-35-29-23-17-11-9-15-21-27-33-39-45-51-58(52-46-40-34-28-22-16-10-12-18-24-30-36-42-48-54(3)4)57(56(7)8)50-44-38-32-26-20-14-13-19-25-31-37-43-49-55(5)6/h53-57H,9-52H2,1-8H3/q+1. The predicted octanol–water partition coefficient (Wildman–Crippen LogP) is 21.0. The van der Waals surface area contributed by atoms with E-state index in [2.05, 4.69) is 55.4 Å². The fourth-order valence-corrected chi connectivity index (χ4v) is 12.8. The molecule has 0 spiro atoms. The monoisotopic (exact) mass is 834 g/mol. The molecule has 1 heteroatoms. The van der Waals surface area contributed by atoms with Gasteiger partial charge >= 0.3 is 0 Å². The van der Waals surface area contributed by atoms with E-state index >= 15 is 0 Å². The molecule has 0 aromatic rings. The van der Waals surface area contributed by atoms with Gasteiger partial charge in [0, 0.05) is 5.92 Å². The molecule has 0 aromatic carbocycles. The highest BCUT2D eigenvalue weighted by molar-refractivity contribution is 7.97. The van der Waals surface area contributed by atoms with E-state index in [1.807, 2.05) is 0 Å². The lowest BCUT2D eigenvalue weighted by atomic mass is 10.0. The fraction of sp³-hybridized carbons (Fsp3) is 1.00. The zero-order valence-corrected chi connectivity index (χ0v) is 43.2. The minimum atomic E-state index is 0.652. The number of hydrogen-bond donors (Lipinski definition) is 0. The Hall–Kier alpha value is 0.350. The maximum absolute atomic E-state index is 2.58. The molecule has 0 heterocycles. The summed E-state index contributed by atoms with van der Waals surface area (Å²) < 4.78 is 0. The zero-order chi connectivity index (χ0) is 42.6. The molecule has 1 unspecified atom stereocenters. The van der Waals surface area contributed by atoms with Crippen LogP contribution in [0.3, 0.4) is 0 Å². The molecule has 0 saturated carbocycles. The molecule has 1 atom stereocenters. The van der Waals surface area contributed by atoms with Crippen LogP contribution >= 0.6 is 0 Å². The smallest absolute Gasteiger partial charge is 0.0628 e. The molecule has 58 heavy (non-hydrogen) atoms. The Balaban J connectivity index is 4.33. The number of rotatable bonds is 49. The molecule has 0 N–H and O–H groups in total. The van der Waals surface area contributed by atoms with Crippen LogP contribution in [-0.2, 0) is 10.9 Å². The van der Waals surface area contributed by atoms with E-state index in [1.165, 1.54) is 270 Å². The Bertz CT molecular complexity index is 700. The SMILES string of the molecule is CC(C)CCCCCCCCCCCCCCC[S+](CCCCCCCCCCCCCCCC(C)C)C(CCCCCCCCCCCCCCC(C)C)C(C)C. The highest BCUT2D eigenvalue weighted by Gasteiger charge is 2.31. The van der Waals surface area contributed by atoms with Crippen LogP contribution < -0.4 is 0 Å². The van der Waals surface area contributed by atoms with Crippen LogP contribution in [-0.4, -0.2) is 16.8 Å². The van der Waals surface area contributed by atoms with Gasteiger partial charge in [0.2, 0.25) is 0 Å². The third kappa shape index (κ3) is 45.9. The van der Waals surface area contributed by atoms with Crippen molar-refractivity contribution >= 4 is 10.9 Å². The Morgan fingerprint density at radius 3 is 0.569 bits per heavy atom. The van der Waals surface area contributed by atoms with Crippen molar-refractivity contribution in [2.24, 2.45) is 23.7 Å². The van der Waals surface area contributed by atoms with Gasteiger partial charge in [0.05, 0.1) is 0 Å². The Kier molecular flexibility index (Phi) is 47.1. The molecule has 0 aliphatic carbocycles. The first-order valence-corrected chi connectivity index (χ1v) is 29.5. The van der Waals surface area contributed by atoms with Crippen LogP contribution in [0.25, 0.3) is 0 Å². The molecule has 0 aliphatic rings. The van der Waals surface area contributed by atoms with Crippen LogP contribution in [0.2, 0.25) is 0 Å². The highest BCUT2D eigenvalue weighted by atomic mass is 32.2. The molecule has 0 amide bonds. The minimum absolute atomic E-state index is 0.652. The maximum atomic E-state index is 2.58. The normalized spacial score (nSPS) is 12.8. The lowest BCUT2D eigenvalue weighted by Crippen LogP contribution is -2.32. The summed E-state index contributed by atoms with van der Waals surface area (Å²) in [6.07, 6.45) is 62.3. The minimum Gasteiger partial charge on any atom is -0.0628 e. The predicted molar refractivity (Wildman–Crippen MR) is 274 cm³/mol.